The highest BCUT2D eigenvalue weighted by Crippen LogP contribution is 2.35. The van der Waals surface area contributed by atoms with E-state index in [2.05, 4.69) is 36.5 Å². The molecule has 1 aromatic carbocycles. The molecule has 0 aliphatic carbocycles. The van der Waals surface area contributed by atoms with Crippen molar-refractivity contribution >= 4 is 8.03 Å². The lowest BCUT2D eigenvalue weighted by molar-refractivity contribution is 0.203. The first-order chi connectivity index (χ1) is 12.1. The lowest BCUT2D eigenvalue weighted by atomic mass is 10.0. The van der Waals surface area contributed by atoms with Gasteiger partial charge in [-0.1, -0.05) is 76.6 Å². The Morgan fingerprint density at radius 2 is 1.52 bits per heavy atom. The highest BCUT2D eigenvalue weighted by atomic mass is 31.1. The maximum atomic E-state index is 11.5. The monoisotopic (exact) mass is 368 g/mol. The molecule has 2 atom stereocenters. The normalized spacial score (nSPS) is 14.3. The lowest BCUT2D eigenvalue weighted by Gasteiger charge is -2.19. The van der Waals surface area contributed by atoms with Gasteiger partial charge in [0.25, 0.3) is 5.28 Å². The molecule has 2 unspecified atom stereocenters. The molecular weight excluding hydrogens is 333 g/mol. The molecule has 0 aliphatic heterocycles. The molecule has 25 heavy (non-hydrogen) atoms. The summed E-state index contributed by atoms with van der Waals surface area (Å²) in [5.74, 6) is 0. The Morgan fingerprint density at radius 1 is 0.960 bits per heavy atom. The standard InChI is InChI=1S/C20H34NO3P/c1-3-5-6-7-8-9-10-11-18-12-14-19(15-13-18)16-21-20(4-2,17-22)25(23)24/h12-15,21-22H,3-11,16-17H2,1-2H3/p+1. The van der Waals surface area contributed by atoms with Crippen LogP contribution in [0, 0.1) is 0 Å². The first kappa shape index (κ1) is 22.2. The zero-order valence-electron chi connectivity index (χ0n) is 15.8. The number of nitrogens with one attached hydrogen (secondary N) is 1. The molecule has 1 aromatic rings. The number of rotatable bonds is 14. The van der Waals surface area contributed by atoms with E-state index in [0.717, 1.165) is 12.0 Å². The number of aryl methyl sites for hydroxylation is 1. The van der Waals surface area contributed by atoms with Crippen molar-refractivity contribution in [2.45, 2.75) is 83.5 Å². The van der Waals surface area contributed by atoms with Crippen molar-refractivity contribution in [1.29, 1.82) is 0 Å². The van der Waals surface area contributed by atoms with Crippen LogP contribution in [0.3, 0.4) is 0 Å². The lowest BCUT2D eigenvalue weighted by Crippen LogP contribution is -2.44. The Balaban J connectivity index is 2.35. The van der Waals surface area contributed by atoms with Crippen LogP contribution in [0.15, 0.2) is 24.3 Å². The molecule has 3 N–H and O–H groups in total. The molecule has 0 heterocycles. The van der Waals surface area contributed by atoms with Crippen LogP contribution in [0.1, 0.15) is 76.3 Å². The Bertz CT molecular complexity index is 486. The van der Waals surface area contributed by atoms with Gasteiger partial charge in [0, 0.05) is 13.0 Å². The molecule has 0 bridgehead atoms. The predicted molar refractivity (Wildman–Crippen MR) is 105 cm³/mol. The summed E-state index contributed by atoms with van der Waals surface area (Å²) >= 11 is 0. The fraction of sp³-hybridized carbons (Fsp3) is 0.700. The van der Waals surface area contributed by atoms with Gasteiger partial charge < -0.3 is 5.11 Å². The zero-order chi connectivity index (χ0) is 18.5. The van der Waals surface area contributed by atoms with Crippen LogP contribution in [0.4, 0.5) is 0 Å². The van der Waals surface area contributed by atoms with Crippen LogP contribution in [0.2, 0.25) is 0 Å². The summed E-state index contributed by atoms with van der Waals surface area (Å²) in [5.41, 5.74) is 2.40. The number of hydrogen-bond donors (Lipinski definition) is 3. The highest BCUT2D eigenvalue weighted by molar-refractivity contribution is 7.40. The van der Waals surface area contributed by atoms with Gasteiger partial charge in [-0.05, 0) is 28.5 Å². The van der Waals surface area contributed by atoms with Crippen LogP contribution >= 0.6 is 8.03 Å². The summed E-state index contributed by atoms with van der Waals surface area (Å²) in [6, 6.07) is 8.40. The van der Waals surface area contributed by atoms with Gasteiger partial charge in [-0.25, -0.2) is 0 Å². The summed E-state index contributed by atoms with van der Waals surface area (Å²) < 4.78 is 11.5. The average Bonchev–Trinajstić information content (AvgIpc) is 2.63. The minimum Gasteiger partial charge on any atom is -0.390 e. The first-order valence-corrected chi connectivity index (χ1v) is 10.9. The Labute approximate surface area is 153 Å². The molecule has 4 nitrogen and oxygen atoms in total. The molecule has 0 saturated carbocycles. The fourth-order valence-corrected chi connectivity index (χ4v) is 3.54. The topological polar surface area (TPSA) is 69.6 Å². The predicted octanol–water partition coefficient (Wildman–Crippen LogP) is 4.90. The third kappa shape index (κ3) is 7.96. The molecule has 0 aromatic heterocycles. The van der Waals surface area contributed by atoms with E-state index in [1.165, 1.54) is 50.5 Å². The minimum absolute atomic E-state index is 0.342. The maximum Gasteiger partial charge on any atom is 0.530 e. The van der Waals surface area contributed by atoms with E-state index in [9.17, 15) is 14.6 Å². The van der Waals surface area contributed by atoms with Crippen molar-refractivity contribution < 1.29 is 14.6 Å². The van der Waals surface area contributed by atoms with E-state index >= 15 is 0 Å². The van der Waals surface area contributed by atoms with Gasteiger partial charge in [0.2, 0.25) is 0 Å². The molecule has 0 saturated heterocycles. The average molecular weight is 368 g/mol. The Morgan fingerprint density at radius 3 is 2.04 bits per heavy atom. The molecule has 0 spiro atoms. The number of unbranched alkanes of at least 4 members (excludes halogenated alkanes) is 6. The van der Waals surface area contributed by atoms with Crippen LogP contribution < -0.4 is 5.32 Å². The van der Waals surface area contributed by atoms with E-state index < -0.39 is 13.3 Å². The first-order valence-electron chi connectivity index (χ1n) is 9.68. The van der Waals surface area contributed by atoms with E-state index in [1.807, 2.05) is 0 Å². The summed E-state index contributed by atoms with van der Waals surface area (Å²) in [6.45, 7) is 4.19. The molecule has 0 amide bonds. The van der Waals surface area contributed by atoms with E-state index in [4.69, 9.17) is 0 Å². The third-order valence-electron chi connectivity index (χ3n) is 4.93. The quantitative estimate of drug-likeness (QED) is 0.323. The van der Waals surface area contributed by atoms with E-state index in [1.54, 1.807) is 6.92 Å². The van der Waals surface area contributed by atoms with Crippen molar-refractivity contribution in [3.8, 4) is 0 Å². The number of aliphatic hydroxyl groups is 1. The number of aliphatic hydroxyl groups excluding tert-OH is 1. The van der Waals surface area contributed by atoms with Crippen molar-refractivity contribution in [2.24, 2.45) is 0 Å². The minimum atomic E-state index is -2.48. The van der Waals surface area contributed by atoms with Gasteiger partial charge in [-0.2, -0.15) is 4.89 Å². The van der Waals surface area contributed by atoms with Crippen LogP contribution in [0.5, 0.6) is 0 Å². The van der Waals surface area contributed by atoms with Crippen molar-refractivity contribution in [3.05, 3.63) is 35.4 Å². The molecule has 1 rings (SSSR count). The van der Waals surface area contributed by atoms with Gasteiger partial charge >= 0.3 is 8.03 Å². The molecule has 0 fully saturated rings. The van der Waals surface area contributed by atoms with Gasteiger partial charge in [0.1, 0.15) is 6.61 Å². The second-order valence-electron chi connectivity index (χ2n) is 6.86. The molecule has 0 aliphatic rings. The maximum absolute atomic E-state index is 11.5. The van der Waals surface area contributed by atoms with Crippen molar-refractivity contribution in [2.75, 3.05) is 6.61 Å². The van der Waals surface area contributed by atoms with E-state index in [0.29, 0.717) is 13.0 Å². The zero-order valence-corrected chi connectivity index (χ0v) is 16.7. The van der Waals surface area contributed by atoms with Crippen molar-refractivity contribution in [1.82, 2.24) is 5.32 Å². The van der Waals surface area contributed by atoms with E-state index in [-0.39, 0.29) is 6.61 Å². The summed E-state index contributed by atoms with van der Waals surface area (Å²) in [6.07, 6.45) is 10.8. The van der Waals surface area contributed by atoms with Gasteiger partial charge in [0.05, 0.1) is 0 Å². The van der Waals surface area contributed by atoms with Gasteiger partial charge in [-0.3, -0.25) is 5.32 Å². The molecule has 142 valence electrons. The Kier molecular flexibility index (Phi) is 11.2. The smallest absolute Gasteiger partial charge is 0.390 e. The molecule has 5 heteroatoms. The van der Waals surface area contributed by atoms with Crippen LogP contribution in [-0.2, 0) is 17.5 Å². The Hall–Kier alpha value is -0.800. The summed E-state index contributed by atoms with van der Waals surface area (Å²) in [4.78, 5) is 9.46. The van der Waals surface area contributed by atoms with Crippen LogP contribution in [-0.4, -0.2) is 21.9 Å². The highest BCUT2D eigenvalue weighted by Gasteiger charge is 2.46. The summed E-state index contributed by atoms with van der Waals surface area (Å²) in [7, 11) is -2.48. The fourth-order valence-electron chi connectivity index (χ4n) is 2.93. The van der Waals surface area contributed by atoms with Gasteiger partial charge in [-0.15, -0.1) is 0 Å². The SMILES string of the molecule is CCCCCCCCCc1ccc(CNC(CC)(CO)[P+](=O)O)cc1. The molecule has 0 radical (unpaired) electrons. The van der Waals surface area contributed by atoms with Gasteiger partial charge in [0.15, 0.2) is 0 Å². The van der Waals surface area contributed by atoms with Crippen molar-refractivity contribution in [3.63, 3.8) is 0 Å². The number of benzene rings is 1. The second kappa shape index (κ2) is 12.5. The molecular formula is C20H35NO3P+. The van der Waals surface area contributed by atoms with Crippen LogP contribution in [0.25, 0.3) is 0 Å². The number of hydrogen-bond acceptors (Lipinski definition) is 3. The summed E-state index contributed by atoms with van der Waals surface area (Å²) in [5, 5.41) is 11.4. The largest absolute Gasteiger partial charge is 0.530 e. The third-order valence-corrected chi connectivity index (χ3v) is 6.27. The second-order valence-corrected chi connectivity index (χ2v) is 8.26.